The molecule has 1 aliphatic heterocycles. The molecule has 16 heavy (non-hydrogen) atoms. The maximum absolute atomic E-state index is 8.71. The molecule has 5 heteroatoms. The van der Waals surface area contributed by atoms with Gasteiger partial charge < -0.3 is 15.7 Å². The number of oxime groups is 1. The van der Waals surface area contributed by atoms with Gasteiger partial charge in [0.2, 0.25) is 0 Å². The summed E-state index contributed by atoms with van der Waals surface area (Å²) in [5.74, 6) is 0.969. The zero-order valence-corrected chi connectivity index (χ0v) is 10.2. The number of amidine groups is 1. The zero-order chi connectivity index (χ0) is 12.0. The minimum absolute atomic E-state index is 0.0350. The average molecular weight is 229 g/mol. The van der Waals surface area contributed by atoms with Crippen molar-refractivity contribution in [1.29, 1.82) is 0 Å². The minimum Gasteiger partial charge on any atom is -0.409 e. The van der Waals surface area contributed by atoms with Gasteiger partial charge in [-0.25, -0.2) is 0 Å². The predicted molar refractivity (Wildman–Crippen MR) is 63.7 cm³/mol. The first-order chi connectivity index (χ1) is 7.69. The molecule has 1 fully saturated rings. The zero-order valence-electron chi connectivity index (χ0n) is 10.2. The molecule has 1 aliphatic rings. The molecule has 1 heterocycles. The molecule has 1 saturated heterocycles. The lowest BCUT2D eigenvalue weighted by molar-refractivity contribution is 0.0533. The van der Waals surface area contributed by atoms with E-state index >= 15 is 0 Å². The monoisotopic (exact) mass is 229 g/mol. The van der Waals surface area contributed by atoms with Crippen molar-refractivity contribution in [2.45, 2.75) is 32.2 Å². The van der Waals surface area contributed by atoms with E-state index in [2.05, 4.69) is 10.1 Å². The summed E-state index contributed by atoms with van der Waals surface area (Å²) in [6.07, 6.45) is 3.07. The molecule has 1 atom stereocenters. The fourth-order valence-electron chi connectivity index (χ4n) is 2.28. The number of nitrogens with two attached hydrogens (primary N) is 1. The number of likely N-dealkylation sites (N-methyl/N-ethyl adjacent to an activating group) is 1. The van der Waals surface area contributed by atoms with E-state index in [9.17, 15) is 0 Å². The van der Waals surface area contributed by atoms with E-state index in [0.29, 0.717) is 11.8 Å². The maximum atomic E-state index is 8.71. The van der Waals surface area contributed by atoms with Gasteiger partial charge >= 0.3 is 0 Å². The van der Waals surface area contributed by atoms with Crippen molar-refractivity contribution in [2.75, 3.05) is 26.8 Å². The summed E-state index contributed by atoms with van der Waals surface area (Å²) in [5, 5.41) is 11.8. The molecule has 0 aromatic carbocycles. The predicted octanol–water partition coefficient (Wildman–Crippen LogP) is 0.870. The van der Waals surface area contributed by atoms with Crippen LogP contribution in [0.5, 0.6) is 0 Å². The molecule has 0 aromatic rings. The molecule has 0 radical (unpaired) electrons. The van der Waals surface area contributed by atoms with Gasteiger partial charge in [-0.2, -0.15) is 0 Å². The van der Waals surface area contributed by atoms with Gasteiger partial charge in [-0.15, -0.1) is 0 Å². The Bertz CT molecular complexity index is 227. The summed E-state index contributed by atoms with van der Waals surface area (Å²) in [6, 6.07) is 0.0350. The van der Waals surface area contributed by atoms with Crippen LogP contribution in [0.3, 0.4) is 0 Å². The van der Waals surface area contributed by atoms with Crippen LogP contribution in [0.2, 0.25) is 0 Å². The summed E-state index contributed by atoms with van der Waals surface area (Å²) in [4.78, 5) is 2.17. The molecule has 3 N–H and O–H groups in total. The lowest BCUT2D eigenvalue weighted by atomic mass is 9.99. The first kappa shape index (κ1) is 13.3. The first-order valence-electron chi connectivity index (χ1n) is 5.94. The van der Waals surface area contributed by atoms with Crippen molar-refractivity contribution in [3.05, 3.63) is 0 Å². The van der Waals surface area contributed by atoms with Crippen molar-refractivity contribution in [3.8, 4) is 0 Å². The highest BCUT2D eigenvalue weighted by Crippen LogP contribution is 2.17. The molecule has 0 bridgehead atoms. The summed E-state index contributed by atoms with van der Waals surface area (Å²) < 4.78 is 5.33. The highest BCUT2D eigenvalue weighted by molar-refractivity contribution is 5.85. The van der Waals surface area contributed by atoms with Gasteiger partial charge in [0.1, 0.15) is 0 Å². The third kappa shape index (κ3) is 3.64. The van der Waals surface area contributed by atoms with E-state index in [4.69, 9.17) is 15.7 Å². The lowest BCUT2D eigenvalue weighted by Crippen LogP contribution is -2.44. The highest BCUT2D eigenvalue weighted by atomic mass is 16.5. The second-order valence-electron chi connectivity index (χ2n) is 4.44. The summed E-state index contributed by atoms with van der Waals surface area (Å²) >= 11 is 0. The third-order valence-electron chi connectivity index (χ3n) is 3.26. The summed E-state index contributed by atoms with van der Waals surface area (Å²) in [5.41, 5.74) is 5.67. The maximum Gasteiger partial charge on any atom is 0.156 e. The van der Waals surface area contributed by atoms with Crippen molar-refractivity contribution < 1.29 is 9.94 Å². The van der Waals surface area contributed by atoms with E-state index in [1.807, 2.05) is 14.0 Å². The summed E-state index contributed by atoms with van der Waals surface area (Å²) in [7, 11) is 2.03. The van der Waals surface area contributed by atoms with Gasteiger partial charge in [0.15, 0.2) is 5.84 Å². The molecule has 0 saturated carbocycles. The van der Waals surface area contributed by atoms with E-state index in [0.717, 1.165) is 39.0 Å². The molecule has 1 unspecified atom stereocenters. The van der Waals surface area contributed by atoms with Crippen LogP contribution >= 0.6 is 0 Å². The molecule has 0 amide bonds. The molecule has 94 valence electrons. The Kier molecular flexibility index (Phi) is 5.55. The Morgan fingerprint density at radius 3 is 2.69 bits per heavy atom. The Hall–Kier alpha value is -0.810. The van der Waals surface area contributed by atoms with Crippen molar-refractivity contribution in [2.24, 2.45) is 16.8 Å². The van der Waals surface area contributed by atoms with Gasteiger partial charge in [-0.05, 0) is 32.2 Å². The van der Waals surface area contributed by atoms with Crippen molar-refractivity contribution in [1.82, 2.24) is 4.90 Å². The molecular weight excluding hydrogens is 206 g/mol. The quantitative estimate of drug-likeness (QED) is 0.317. The Morgan fingerprint density at radius 2 is 2.19 bits per heavy atom. The van der Waals surface area contributed by atoms with Gasteiger partial charge in [-0.3, -0.25) is 4.90 Å². The molecule has 1 rings (SSSR count). The van der Waals surface area contributed by atoms with Crippen LogP contribution in [0.25, 0.3) is 0 Å². The van der Waals surface area contributed by atoms with Crippen LogP contribution in [0.4, 0.5) is 0 Å². The average Bonchev–Trinajstić information content (AvgIpc) is 2.31. The fourth-order valence-corrected chi connectivity index (χ4v) is 2.28. The van der Waals surface area contributed by atoms with Crippen LogP contribution < -0.4 is 5.73 Å². The smallest absolute Gasteiger partial charge is 0.156 e. The Balaban J connectivity index is 2.44. The van der Waals surface area contributed by atoms with Crippen molar-refractivity contribution in [3.63, 3.8) is 0 Å². The molecule has 0 aromatic heterocycles. The Labute approximate surface area is 97.2 Å². The Morgan fingerprint density at radius 1 is 1.56 bits per heavy atom. The van der Waals surface area contributed by atoms with E-state index in [1.165, 1.54) is 0 Å². The number of hydrogen-bond acceptors (Lipinski definition) is 4. The minimum atomic E-state index is 0.0350. The van der Waals surface area contributed by atoms with Crippen LogP contribution in [-0.4, -0.2) is 48.8 Å². The van der Waals surface area contributed by atoms with Crippen LogP contribution in [0, 0.1) is 5.92 Å². The van der Waals surface area contributed by atoms with Gasteiger partial charge in [0.25, 0.3) is 0 Å². The lowest BCUT2D eigenvalue weighted by Gasteiger charge is -2.31. The highest BCUT2D eigenvalue weighted by Gasteiger charge is 2.22. The van der Waals surface area contributed by atoms with Crippen molar-refractivity contribution >= 4 is 5.84 Å². The number of nitrogens with zero attached hydrogens (tertiary/aromatic N) is 2. The van der Waals surface area contributed by atoms with Crippen LogP contribution in [-0.2, 0) is 4.74 Å². The number of rotatable bonds is 5. The number of hydrogen-bond donors (Lipinski definition) is 2. The topological polar surface area (TPSA) is 71.1 Å². The van der Waals surface area contributed by atoms with Crippen LogP contribution in [0.1, 0.15) is 26.2 Å². The van der Waals surface area contributed by atoms with E-state index < -0.39 is 0 Å². The van der Waals surface area contributed by atoms with E-state index in [-0.39, 0.29) is 6.04 Å². The van der Waals surface area contributed by atoms with Gasteiger partial charge in [-0.1, -0.05) is 12.1 Å². The largest absolute Gasteiger partial charge is 0.409 e. The third-order valence-corrected chi connectivity index (χ3v) is 3.26. The second-order valence-corrected chi connectivity index (χ2v) is 4.44. The standard InChI is InChI=1S/C11H23N3O2/c1-3-10(11(12)13-15)14(2)8-9-4-6-16-7-5-9/h9-10,15H,3-8H2,1-2H3,(H2,12,13). The molecule has 0 aliphatic carbocycles. The normalized spacial score (nSPS) is 21.3. The fraction of sp³-hybridized carbons (Fsp3) is 0.909. The van der Waals surface area contributed by atoms with Crippen LogP contribution in [0.15, 0.2) is 5.16 Å². The molecule has 5 nitrogen and oxygen atoms in total. The molecule has 0 spiro atoms. The number of ether oxygens (including phenoxy) is 1. The SMILES string of the molecule is CCC(C(N)=NO)N(C)CC1CCOCC1. The van der Waals surface area contributed by atoms with E-state index in [1.54, 1.807) is 0 Å². The van der Waals surface area contributed by atoms with Gasteiger partial charge in [0.05, 0.1) is 6.04 Å². The van der Waals surface area contributed by atoms with Gasteiger partial charge in [0, 0.05) is 19.8 Å². The second kappa shape index (κ2) is 6.70. The summed E-state index contributed by atoms with van der Waals surface area (Å²) in [6.45, 7) is 4.75. The first-order valence-corrected chi connectivity index (χ1v) is 5.94. The molecular formula is C11H23N3O2.